The molecule has 2 unspecified atom stereocenters. The molecule has 3 heterocycles. The molecule has 2 aliphatic carbocycles. The highest BCUT2D eigenvalue weighted by molar-refractivity contribution is 6.08. The summed E-state index contributed by atoms with van der Waals surface area (Å²) in [4.78, 5) is 25.7. The second-order valence-electron chi connectivity index (χ2n) is 12.8. The van der Waals surface area contributed by atoms with Gasteiger partial charge in [0.2, 0.25) is 5.60 Å². The molecule has 2 aromatic rings. The monoisotopic (exact) mass is 663 g/mol. The highest BCUT2D eigenvalue weighted by Gasteiger charge is 2.65. The van der Waals surface area contributed by atoms with Gasteiger partial charge in [-0.05, 0) is 50.0 Å². The van der Waals surface area contributed by atoms with Crippen LogP contribution in [0.25, 0.3) is 10.8 Å². The Morgan fingerprint density at radius 2 is 1.96 bits per heavy atom. The number of carbonyl (C=O) groups is 2. The summed E-state index contributed by atoms with van der Waals surface area (Å²) in [7, 11) is 3.14. The molecule has 5 aliphatic rings. The van der Waals surface area contributed by atoms with Crippen LogP contribution in [0, 0.1) is 42.4 Å². The number of fused-ring (bicyclic) bond motifs is 3. The van der Waals surface area contributed by atoms with E-state index in [4.69, 9.17) is 33.2 Å². The topological polar surface area (TPSA) is 175 Å². The summed E-state index contributed by atoms with van der Waals surface area (Å²) in [5.74, 6) is 11.4. The summed E-state index contributed by atoms with van der Waals surface area (Å²) in [6, 6.07) is 5.88. The first-order valence-electron chi connectivity index (χ1n) is 15.9. The van der Waals surface area contributed by atoms with Gasteiger partial charge in [-0.15, -0.1) is 0 Å². The van der Waals surface area contributed by atoms with E-state index < -0.39 is 78.7 Å². The van der Waals surface area contributed by atoms with Crippen LogP contribution >= 0.6 is 0 Å². The van der Waals surface area contributed by atoms with Crippen LogP contribution in [0.15, 0.2) is 24.3 Å². The minimum Gasteiger partial charge on any atom is -0.507 e. The van der Waals surface area contributed by atoms with E-state index in [1.807, 2.05) is 13.0 Å². The van der Waals surface area contributed by atoms with E-state index in [1.165, 1.54) is 13.2 Å². The van der Waals surface area contributed by atoms with Crippen LogP contribution in [0.4, 0.5) is 4.79 Å². The number of aliphatic hydroxyl groups is 2. The standard InChI is InChI=1S/C35H37NO12/c1-16-12-19(42-4)14-22-20(16)8-9-23(37)27(22)32(40)45-24-13-18-10-11-35(26-15-43-34(41)46-26)25(48-35)7-5-6-21(18)31(24)47-33-28(36-3)30(39)29(38)17(2)44-33/h8-9,12,14,17-18,21,24-26,28-31,33,36-39H,6,13,15H2,1-4H3/t17-,18?,21?,24-,25-,26-,28-,29+,30-,31-,33-,35+/m1/s1. The summed E-state index contributed by atoms with van der Waals surface area (Å²) in [6.07, 6.45) is -7.41. The molecule has 2 aromatic carbocycles. The number of benzene rings is 2. The lowest BCUT2D eigenvalue weighted by Gasteiger charge is -2.43. The molecular formula is C35H37NO12. The van der Waals surface area contributed by atoms with Gasteiger partial charge in [0.15, 0.2) is 18.5 Å². The van der Waals surface area contributed by atoms with Crippen LogP contribution < -0.4 is 10.1 Å². The molecule has 4 fully saturated rings. The van der Waals surface area contributed by atoms with Crippen molar-refractivity contribution < 1.29 is 58.1 Å². The number of hydrogen-bond donors (Lipinski definition) is 4. The summed E-state index contributed by atoms with van der Waals surface area (Å²) >= 11 is 0. The number of carbonyl (C=O) groups excluding carboxylic acids is 2. The number of nitrogens with one attached hydrogen (secondary N) is 1. The molecule has 254 valence electrons. The van der Waals surface area contributed by atoms with E-state index >= 15 is 0 Å². The third-order valence-electron chi connectivity index (χ3n) is 9.99. The third kappa shape index (κ3) is 5.50. The molecule has 7 rings (SSSR count). The Balaban J connectivity index is 1.24. The molecule has 12 atom stereocenters. The van der Waals surface area contributed by atoms with E-state index in [0.29, 0.717) is 17.6 Å². The summed E-state index contributed by atoms with van der Waals surface area (Å²) in [6.45, 7) is 3.50. The number of phenolic OH excluding ortho intramolecular Hbond substituents is 1. The van der Waals surface area contributed by atoms with E-state index in [0.717, 1.165) is 10.9 Å². The average molecular weight is 664 g/mol. The highest BCUT2D eigenvalue weighted by Crippen LogP contribution is 2.46. The van der Waals surface area contributed by atoms with Crippen LogP contribution in [0.5, 0.6) is 11.5 Å². The summed E-state index contributed by atoms with van der Waals surface area (Å²) in [5.41, 5.74) is -0.311. The van der Waals surface area contributed by atoms with Gasteiger partial charge in [-0.2, -0.15) is 0 Å². The fourth-order valence-electron chi connectivity index (χ4n) is 7.24. The molecule has 1 saturated carbocycles. The van der Waals surface area contributed by atoms with Gasteiger partial charge < -0.3 is 53.8 Å². The smallest absolute Gasteiger partial charge is 0.507 e. The minimum atomic E-state index is -1.20. The molecule has 0 bridgehead atoms. The number of esters is 1. The number of cyclic esters (lactones) is 2. The van der Waals surface area contributed by atoms with Crippen LogP contribution in [-0.2, 0) is 28.4 Å². The Hall–Kier alpha value is -4.08. The number of methoxy groups -OCH3 is 1. The second-order valence-corrected chi connectivity index (χ2v) is 12.8. The largest absolute Gasteiger partial charge is 0.508 e. The predicted molar refractivity (Wildman–Crippen MR) is 166 cm³/mol. The SMILES string of the molecule is CN[C@H]1[C@@H](O[C@@H]2C3CC#C[C@H]4O[C@@]4([C@H]4COC(=O)O4)C#CC3C[C@H]2OC(=O)c2c(O)ccc3c(C)cc(OC)cc23)O[C@H](C)[C@H](O)[C@@H]1O. The number of aliphatic hydroxyl groups excluding tert-OH is 2. The van der Waals surface area contributed by atoms with Crippen molar-refractivity contribution in [3.05, 3.63) is 35.4 Å². The molecule has 13 heteroatoms. The number of epoxide rings is 1. The van der Waals surface area contributed by atoms with E-state index in [1.54, 1.807) is 26.1 Å². The molecule has 3 aliphatic heterocycles. The molecule has 3 saturated heterocycles. The number of rotatable bonds is 7. The lowest BCUT2D eigenvalue weighted by Crippen LogP contribution is -2.63. The maximum atomic E-state index is 14.0. The van der Waals surface area contributed by atoms with Crippen LogP contribution in [-0.4, -0.2) is 109 Å². The zero-order chi connectivity index (χ0) is 33.9. The number of aromatic hydroxyl groups is 1. The third-order valence-corrected chi connectivity index (χ3v) is 9.99. The fraction of sp³-hybridized carbons (Fsp3) is 0.543. The Morgan fingerprint density at radius 3 is 2.69 bits per heavy atom. The van der Waals surface area contributed by atoms with Gasteiger partial charge in [0.1, 0.15) is 48.1 Å². The quantitative estimate of drug-likeness (QED) is 0.191. The van der Waals surface area contributed by atoms with Crippen LogP contribution in [0.3, 0.4) is 0 Å². The number of likely N-dealkylation sites (N-methyl/N-ethyl adjacent to an activating group) is 1. The first-order chi connectivity index (χ1) is 23.0. The molecule has 13 nitrogen and oxygen atoms in total. The highest BCUT2D eigenvalue weighted by atomic mass is 16.8. The van der Waals surface area contributed by atoms with Gasteiger partial charge in [0.05, 0.1) is 19.3 Å². The number of phenols is 1. The van der Waals surface area contributed by atoms with Gasteiger partial charge in [0, 0.05) is 30.1 Å². The summed E-state index contributed by atoms with van der Waals surface area (Å²) in [5, 5.41) is 36.4. The zero-order valence-electron chi connectivity index (χ0n) is 26.8. The Bertz CT molecular complexity index is 1760. The maximum Gasteiger partial charge on any atom is 0.508 e. The van der Waals surface area contributed by atoms with E-state index in [-0.39, 0.29) is 30.3 Å². The van der Waals surface area contributed by atoms with Gasteiger partial charge in [0.25, 0.3) is 0 Å². The minimum absolute atomic E-state index is 0.0126. The second kappa shape index (κ2) is 12.4. The lowest BCUT2D eigenvalue weighted by molar-refractivity contribution is -0.282. The van der Waals surface area contributed by atoms with Crippen molar-refractivity contribution in [3.63, 3.8) is 0 Å². The van der Waals surface area contributed by atoms with Crippen molar-refractivity contribution in [3.8, 4) is 35.2 Å². The Morgan fingerprint density at radius 1 is 1.15 bits per heavy atom. The van der Waals surface area contributed by atoms with Gasteiger partial charge in [-0.25, -0.2) is 9.59 Å². The van der Waals surface area contributed by atoms with E-state index in [9.17, 15) is 24.9 Å². The molecule has 0 aromatic heterocycles. The molecule has 48 heavy (non-hydrogen) atoms. The molecular weight excluding hydrogens is 626 g/mol. The number of aryl methyl sites for hydroxylation is 1. The van der Waals surface area contributed by atoms with Gasteiger partial charge >= 0.3 is 12.1 Å². The lowest BCUT2D eigenvalue weighted by atomic mass is 9.91. The number of hydrogen-bond acceptors (Lipinski definition) is 13. The van der Waals surface area contributed by atoms with Crippen LogP contribution in [0.2, 0.25) is 0 Å². The van der Waals surface area contributed by atoms with Crippen molar-refractivity contribution in [2.45, 2.75) is 87.3 Å². The van der Waals surface area contributed by atoms with Crippen LogP contribution in [0.1, 0.15) is 35.7 Å². The fourth-order valence-corrected chi connectivity index (χ4v) is 7.24. The molecule has 0 amide bonds. The average Bonchev–Trinajstić information content (AvgIpc) is 3.39. The van der Waals surface area contributed by atoms with Gasteiger partial charge in [-0.3, -0.25) is 0 Å². The Labute approximate surface area is 276 Å². The molecule has 4 N–H and O–H groups in total. The van der Waals surface area contributed by atoms with E-state index in [2.05, 4.69) is 29.0 Å². The van der Waals surface area contributed by atoms with Gasteiger partial charge in [-0.1, -0.05) is 29.7 Å². The normalized spacial score (nSPS) is 38.0. The first-order valence-corrected chi connectivity index (χ1v) is 15.9. The Kier molecular flexibility index (Phi) is 8.40. The van der Waals surface area contributed by atoms with Crippen molar-refractivity contribution in [1.82, 2.24) is 5.32 Å². The van der Waals surface area contributed by atoms with Crippen molar-refractivity contribution >= 4 is 22.9 Å². The molecule has 0 radical (unpaired) electrons. The summed E-state index contributed by atoms with van der Waals surface area (Å²) < 4.78 is 40.4. The maximum absolute atomic E-state index is 14.0. The van der Waals surface area contributed by atoms with Crippen molar-refractivity contribution in [2.24, 2.45) is 11.8 Å². The number of ether oxygens (including phenoxy) is 7. The zero-order valence-corrected chi connectivity index (χ0v) is 26.8. The molecule has 0 spiro atoms. The predicted octanol–water partition coefficient (Wildman–Crippen LogP) is 1.55. The first kappa shape index (κ1) is 32.5. The van der Waals surface area contributed by atoms with Crippen molar-refractivity contribution in [2.75, 3.05) is 20.8 Å². The van der Waals surface area contributed by atoms with Crippen molar-refractivity contribution in [1.29, 1.82) is 0 Å².